The monoisotopic (exact) mass is 216 g/mol. The molecule has 0 unspecified atom stereocenters. The second kappa shape index (κ2) is 4.81. The number of thioether (sulfide) groups is 1. The van der Waals surface area contributed by atoms with Crippen LogP contribution in [0.1, 0.15) is 5.82 Å². The zero-order chi connectivity index (χ0) is 9.73. The van der Waals surface area contributed by atoms with Crippen LogP contribution in [0.2, 0.25) is 25.7 Å². The zero-order valence-corrected chi connectivity index (χ0v) is 10.2. The van der Waals surface area contributed by atoms with E-state index >= 15 is 0 Å². The van der Waals surface area contributed by atoms with Crippen LogP contribution >= 0.6 is 11.8 Å². The van der Waals surface area contributed by atoms with Crippen LogP contribution in [0.15, 0.2) is 10.9 Å². The van der Waals surface area contributed by atoms with E-state index in [4.69, 9.17) is 0 Å². The fraction of sp³-hybridized carbons (Fsp3) is 0.750. The van der Waals surface area contributed by atoms with Crippen molar-refractivity contribution in [3.63, 3.8) is 0 Å². The number of hydrogen-bond donors (Lipinski definition) is 0. The fourth-order valence-electron chi connectivity index (χ4n) is 0.798. The minimum absolute atomic E-state index is 0.806. The molecule has 0 aliphatic rings. The molecule has 0 saturated heterocycles. The normalized spacial score (nSPS) is 11.9. The summed E-state index contributed by atoms with van der Waals surface area (Å²) in [7, 11) is -0.864. The molecule has 5 heteroatoms. The summed E-state index contributed by atoms with van der Waals surface area (Å²) in [6.45, 7) is 7.17. The lowest BCUT2D eigenvalue weighted by Crippen LogP contribution is -2.19. The highest BCUT2D eigenvalue weighted by Gasteiger charge is 2.12. The molecule has 13 heavy (non-hydrogen) atoms. The lowest BCUT2D eigenvalue weighted by Gasteiger charge is -2.14. The van der Waals surface area contributed by atoms with E-state index in [0.717, 1.165) is 11.6 Å². The molecule has 0 aliphatic heterocycles. The van der Waals surface area contributed by atoms with Gasteiger partial charge in [0.15, 0.2) is 5.82 Å². The van der Waals surface area contributed by atoms with Gasteiger partial charge < -0.3 is 4.52 Å². The van der Waals surface area contributed by atoms with Gasteiger partial charge in [-0.3, -0.25) is 0 Å². The summed E-state index contributed by atoms with van der Waals surface area (Å²) in [6.07, 6.45) is 1.38. The van der Waals surface area contributed by atoms with Crippen molar-refractivity contribution < 1.29 is 4.52 Å². The predicted octanol–water partition coefficient (Wildman–Crippen LogP) is 2.64. The topological polar surface area (TPSA) is 38.9 Å². The van der Waals surface area contributed by atoms with Crippen LogP contribution in [-0.2, 0) is 5.75 Å². The summed E-state index contributed by atoms with van der Waals surface area (Å²) in [5, 5.41) is 3.75. The van der Waals surface area contributed by atoms with Gasteiger partial charge in [-0.05, 0) is 11.8 Å². The van der Waals surface area contributed by atoms with Crippen LogP contribution in [0, 0.1) is 0 Å². The molecule has 0 fully saturated rings. The van der Waals surface area contributed by atoms with Crippen molar-refractivity contribution in [3.8, 4) is 0 Å². The molecule has 1 heterocycles. The Bertz CT molecular complexity index is 233. The Morgan fingerprint density at radius 1 is 1.46 bits per heavy atom. The van der Waals surface area contributed by atoms with Gasteiger partial charge >= 0.3 is 0 Å². The van der Waals surface area contributed by atoms with Crippen LogP contribution in [-0.4, -0.2) is 24.0 Å². The standard InChI is InChI=1S/C8H16N2OSSi/c1-13(2,3)5-4-12-6-8-9-7-11-10-8/h7H,4-6H2,1-3H3. The largest absolute Gasteiger partial charge is 0.343 e. The highest BCUT2D eigenvalue weighted by atomic mass is 32.2. The highest BCUT2D eigenvalue weighted by Crippen LogP contribution is 2.15. The first kappa shape index (κ1) is 10.8. The summed E-state index contributed by atoms with van der Waals surface area (Å²) >= 11 is 1.89. The van der Waals surface area contributed by atoms with Crippen LogP contribution < -0.4 is 0 Å². The summed E-state index contributed by atoms with van der Waals surface area (Å²) in [6, 6.07) is 1.36. The van der Waals surface area contributed by atoms with Gasteiger partial charge in [0.2, 0.25) is 6.39 Å². The summed E-state index contributed by atoms with van der Waals surface area (Å²) in [5.41, 5.74) is 0. The maximum Gasteiger partial charge on any atom is 0.213 e. The summed E-state index contributed by atoms with van der Waals surface area (Å²) < 4.78 is 4.65. The quantitative estimate of drug-likeness (QED) is 0.560. The van der Waals surface area contributed by atoms with Crippen molar-refractivity contribution in [2.75, 3.05) is 5.75 Å². The van der Waals surface area contributed by atoms with Gasteiger partial charge in [-0.15, -0.1) is 0 Å². The summed E-state index contributed by atoms with van der Waals surface area (Å²) in [4.78, 5) is 3.96. The van der Waals surface area contributed by atoms with Crippen molar-refractivity contribution in [2.24, 2.45) is 0 Å². The summed E-state index contributed by atoms with van der Waals surface area (Å²) in [5.74, 6) is 2.89. The first-order chi connectivity index (χ1) is 6.08. The first-order valence-electron chi connectivity index (χ1n) is 4.41. The molecule has 1 rings (SSSR count). The Balaban J connectivity index is 2.09. The molecule has 0 aromatic carbocycles. The SMILES string of the molecule is C[Si](C)(C)CCSCc1ncon1. The molecule has 0 amide bonds. The number of rotatable bonds is 5. The second-order valence-electron chi connectivity index (χ2n) is 4.21. The molecule has 0 radical (unpaired) electrons. The Morgan fingerprint density at radius 3 is 2.77 bits per heavy atom. The zero-order valence-electron chi connectivity index (χ0n) is 8.41. The first-order valence-corrected chi connectivity index (χ1v) is 9.27. The van der Waals surface area contributed by atoms with Gasteiger partial charge in [-0.1, -0.05) is 24.8 Å². The smallest absolute Gasteiger partial charge is 0.213 e. The van der Waals surface area contributed by atoms with E-state index in [2.05, 4.69) is 34.3 Å². The van der Waals surface area contributed by atoms with E-state index in [1.165, 1.54) is 18.2 Å². The van der Waals surface area contributed by atoms with E-state index < -0.39 is 8.07 Å². The third kappa shape index (κ3) is 5.10. The predicted molar refractivity (Wildman–Crippen MR) is 58.6 cm³/mol. The molecular formula is C8H16N2OSSi. The maximum absolute atomic E-state index is 4.65. The van der Waals surface area contributed by atoms with Crippen molar-refractivity contribution in [1.29, 1.82) is 0 Å². The molecule has 0 aliphatic carbocycles. The average Bonchev–Trinajstić information content (AvgIpc) is 2.48. The van der Waals surface area contributed by atoms with E-state index in [-0.39, 0.29) is 0 Å². The average molecular weight is 216 g/mol. The third-order valence-corrected chi connectivity index (χ3v) is 4.70. The molecule has 0 atom stereocenters. The molecular weight excluding hydrogens is 200 g/mol. The Hall–Kier alpha value is -0.293. The van der Waals surface area contributed by atoms with Gasteiger partial charge in [0.1, 0.15) is 0 Å². The molecule has 0 spiro atoms. The van der Waals surface area contributed by atoms with Gasteiger partial charge in [-0.2, -0.15) is 16.7 Å². The van der Waals surface area contributed by atoms with Gasteiger partial charge in [-0.25, -0.2) is 0 Å². The van der Waals surface area contributed by atoms with Crippen LogP contribution in [0.4, 0.5) is 0 Å². The lowest BCUT2D eigenvalue weighted by atomic mass is 10.7. The van der Waals surface area contributed by atoms with Gasteiger partial charge in [0, 0.05) is 8.07 Å². The van der Waals surface area contributed by atoms with Crippen LogP contribution in [0.3, 0.4) is 0 Å². The lowest BCUT2D eigenvalue weighted by molar-refractivity contribution is 0.412. The minimum Gasteiger partial charge on any atom is -0.343 e. The molecule has 1 aromatic rings. The number of nitrogens with zero attached hydrogens (tertiary/aromatic N) is 2. The number of aromatic nitrogens is 2. The molecule has 74 valence electrons. The van der Waals surface area contributed by atoms with Crippen molar-refractivity contribution in [1.82, 2.24) is 10.1 Å². The second-order valence-corrected chi connectivity index (χ2v) is 10.9. The van der Waals surface area contributed by atoms with E-state index in [9.17, 15) is 0 Å². The molecule has 0 bridgehead atoms. The van der Waals surface area contributed by atoms with Gasteiger partial charge in [0.25, 0.3) is 0 Å². The van der Waals surface area contributed by atoms with Crippen molar-refractivity contribution >= 4 is 19.8 Å². The third-order valence-electron chi connectivity index (χ3n) is 1.63. The highest BCUT2D eigenvalue weighted by molar-refractivity contribution is 7.98. The Kier molecular flexibility index (Phi) is 3.99. The van der Waals surface area contributed by atoms with Crippen molar-refractivity contribution in [3.05, 3.63) is 12.2 Å². The molecule has 1 aromatic heterocycles. The Labute approximate surface area is 84.3 Å². The van der Waals surface area contributed by atoms with E-state index in [1.807, 2.05) is 11.8 Å². The Morgan fingerprint density at radius 2 is 2.23 bits per heavy atom. The molecule has 0 saturated carbocycles. The van der Waals surface area contributed by atoms with E-state index in [0.29, 0.717) is 0 Å². The molecule has 3 nitrogen and oxygen atoms in total. The maximum atomic E-state index is 4.65. The molecule has 0 N–H and O–H groups in total. The van der Waals surface area contributed by atoms with Crippen LogP contribution in [0.25, 0.3) is 0 Å². The van der Waals surface area contributed by atoms with Gasteiger partial charge in [0.05, 0.1) is 5.75 Å². The number of hydrogen-bond acceptors (Lipinski definition) is 4. The van der Waals surface area contributed by atoms with Crippen molar-refractivity contribution in [2.45, 2.75) is 31.4 Å². The van der Waals surface area contributed by atoms with E-state index in [1.54, 1.807) is 0 Å². The fourth-order valence-corrected chi connectivity index (χ4v) is 4.28. The van der Waals surface area contributed by atoms with Crippen LogP contribution in [0.5, 0.6) is 0 Å². The minimum atomic E-state index is -0.864.